The van der Waals surface area contributed by atoms with E-state index in [9.17, 15) is 31.2 Å². The van der Waals surface area contributed by atoms with Crippen LogP contribution < -0.4 is 4.18 Å². The first-order chi connectivity index (χ1) is 14.6. The van der Waals surface area contributed by atoms with Crippen molar-refractivity contribution in [3.05, 3.63) is 71.0 Å². The quantitative estimate of drug-likeness (QED) is 0.327. The Kier molecular flexibility index (Phi) is 3.81. The van der Waals surface area contributed by atoms with Gasteiger partial charge in [0.1, 0.15) is 0 Å². The molecule has 0 amide bonds. The molecule has 2 heterocycles. The number of fused-ring (bicyclic) bond motifs is 6. The molecule has 1 aliphatic carbocycles. The lowest BCUT2D eigenvalue weighted by Crippen LogP contribution is -2.28. The van der Waals surface area contributed by atoms with Gasteiger partial charge in [0, 0.05) is 17.1 Å². The lowest BCUT2D eigenvalue weighted by Gasteiger charge is -2.18. The second-order valence-electron chi connectivity index (χ2n) is 6.76. The maximum atomic E-state index is 13.3. The number of nitrogens with zero attached hydrogens (tertiary/aromatic N) is 1. The number of aromatic amines is 1. The molecule has 11 heteroatoms. The highest BCUT2D eigenvalue weighted by molar-refractivity contribution is 7.88. The van der Waals surface area contributed by atoms with Gasteiger partial charge in [-0.25, -0.2) is 0 Å². The summed E-state index contributed by atoms with van der Waals surface area (Å²) in [5.74, 6) is -2.00. The first-order valence-corrected chi connectivity index (χ1v) is 10.1. The van der Waals surface area contributed by atoms with Crippen molar-refractivity contribution in [1.82, 2.24) is 9.97 Å². The largest absolute Gasteiger partial charge is 0.534 e. The summed E-state index contributed by atoms with van der Waals surface area (Å²) < 4.78 is 66.0. The first kappa shape index (κ1) is 19.2. The third kappa shape index (κ3) is 2.66. The molecule has 7 nitrogen and oxygen atoms in total. The van der Waals surface area contributed by atoms with Crippen LogP contribution >= 0.6 is 0 Å². The average molecular weight is 446 g/mol. The highest BCUT2D eigenvalue weighted by Crippen LogP contribution is 2.39. The van der Waals surface area contributed by atoms with Crippen LogP contribution in [0.4, 0.5) is 13.2 Å². The van der Waals surface area contributed by atoms with E-state index in [0.29, 0.717) is 10.9 Å². The number of benzene rings is 2. The Morgan fingerprint density at radius 3 is 2.42 bits per heavy atom. The zero-order valence-electron chi connectivity index (χ0n) is 15.1. The Morgan fingerprint density at radius 1 is 0.935 bits per heavy atom. The summed E-state index contributed by atoms with van der Waals surface area (Å²) in [6, 6.07) is 10.3. The molecule has 0 radical (unpaired) electrons. The number of aromatic nitrogens is 2. The fourth-order valence-corrected chi connectivity index (χ4v) is 4.13. The molecule has 0 fully saturated rings. The first-order valence-electron chi connectivity index (χ1n) is 8.73. The van der Waals surface area contributed by atoms with Crippen molar-refractivity contribution in [2.45, 2.75) is 5.51 Å². The molecule has 2 aromatic heterocycles. The van der Waals surface area contributed by atoms with E-state index < -0.39 is 32.9 Å². The van der Waals surface area contributed by atoms with Gasteiger partial charge in [-0.15, -0.1) is 0 Å². The van der Waals surface area contributed by atoms with Crippen LogP contribution in [0.3, 0.4) is 0 Å². The predicted octanol–water partition coefficient (Wildman–Crippen LogP) is 3.72. The molecule has 31 heavy (non-hydrogen) atoms. The van der Waals surface area contributed by atoms with E-state index in [-0.39, 0.29) is 33.3 Å². The molecule has 0 atom stereocenters. The Bertz CT molecular complexity index is 1550. The van der Waals surface area contributed by atoms with Gasteiger partial charge in [0.25, 0.3) is 0 Å². The number of alkyl halides is 3. The van der Waals surface area contributed by atoms with Gasteiger partial charge in [-0.05, 0) is 18.2 Å². The molecule has 4 aromatic rings. The van der Waals surface area contributed by atoms with E-state index >= 15 is 0 Å². The van der Waals surface area contributed by atoms with Crippen molar-refractivity contribution in [3.63, 3.8) is 0 Å². The molecule has 0 saturated heterocycles. The number of pyridine rings is 1. The van der Waals surface area contributed by atoms with Gasteiger partial charge in [-0.3, -0.25) is 14.6 Å². The van der Waals surface area contributed by atoms with Gasteiger partial charge in [-0.2, -0.15) is 21.6 Å². The van der Waals surface area contributed by atoms with Crippen molar-refractivity contribution in [2.75, 3.05) is 0 Å². The number of carbonyl (C=O) groups is 2. The van der Waals surface area contributed by atoms with Crippen molar-refractivity contribution in [3.8, 4) is 5.75 Å². The number of nitrogens with one attached hydrogen (secondary N) is 1. The smallest absolute Gasteiger partial charge is 0.375 e. The van der Waals surface area contributed by atoms with E-state index in [1.165, 1.54) is 12.1 Å². The molecule has 2 aromatic carbocycles. The summed E-state index contributed by atoms with van der Waals surface area (Å²) in [7, 11) is -6.01. The van der Waals surface area contributed by atoms with Crippen LogP contribution in [0.1, 0.15) is 32.0 Å². The maximum Gasteiger partial charge on any atom is 0.534 e. The van der Waals surface area contributed by atoms with Crippen LogP contribution in [-0.4, -0.2) is 35.5 Å². The molecule has 156 valence electrons. The molecule has 0 aliphatic heterocycles. The van der Waals surface area contributed by atoms with Gasteiger partial charge in [0.15, 0.2) is 11.5 Å². The Hall–Kier alpha value is -3.73. The van der Waals surface area contributed by atoms with E-state index in [2.05, 4.69) is 14.2 Å². The standard InChI is InChI=1S/C20H9F3N2O5S/c21-20(22,23)31(28,29)30-13-7-3-6-12-16(13)14-10(8-24-12)18(26)15-9-4-1-2-5-11(9)25-17(15)19(14)27/h1-8,25H. The summed E-state index contributed by atoms with van der Waals surface area (Å²) >= 11 is 0. The van der Waals surface area contributed by atoms with Gasteiger partial charge < -0.3 is 9.17 Å². The Balaban J connectivity index is 1.80. The van der Waals surface area contributed by atoms with E-state index in [1.807, 2.05) is 0 Å². The molecule has 5 rings (SSSR count). The molecule has 0 unspecified atom stereocenters. The number of hydrogen-bond donors (Lipinski definition) is 1. The minimum absolute atomic E-state index is 0.00524. The van der Waals surface area contributed by atoms with Crippen LogP contribution in [0.15, 0.2) is 48.7 Å². The predicted molar refractivity (Wildman–Crippen MR) is 103 cm³/mol. The lowest BCUT2D eigenvalue weighted by atomic mass is 9.85. The number of H-pyrrole nitrogens is 1. The van der Waals surface area contributed by atoms with Crippen molar-refractivity contribution in [2.24, 2.45) is 0 Å². The molecular formula is C20H9F3N2O5S. The molecule has 1 aliphatic rings. The highest BCUT2D eigenvalue weighted by Gasteiger charge is 2.49. The zero-order chi connectivity index (χ0) is 22.1. The van der Waals surface area contributed by atoms with E-state index in [0.717, 1.165) is 12.3 Å². The van der Waals surface area contributed by atoms with Crippen molar-refractivity contribution >= 4 is 43.5 Å². The fourth-order valence-electron chi connectivity index (χ4n) is 3.66. The van der Waals surface area contributed by atoms with Gasteiger partial charge >= 0.3 is 15.6 Å². The van der Waals surface area contributed by atoms with Crippen LogP contribution in [-0.2, 0) is 10.1 Å². The summed E-state index contributed by atoms with van der Waals surface area (Å²) in [6.45, 7) is 0. The zero-order valence-corrected chi connectivity index (χ0v) is 16.0. The van der Waals surface area contributed by atoms with Gasteiger partial charge in [0.05, 0.1) is 33.3 Å². The summed E-state index contributed by atoms with van der Waals surface area (Å²) in [5.41, 5.74) is -5.51. The van der Waals surface area contributed by atoms with E-state index in [1.54, 1.807) is 24.3 Å². The van der Waals surface area contributed by atoms with E-state index in [4.69, 9.17) is 0 Å². The maximum absolute atomic E-state index is 13.3. The van der Waals surface area contributed by atoms with Crippen molar-refractivity contribution in [1.29, 1.82) is 0 Å². The van der Waals surface area contributed by atoms with Gasteiger partial charge in [-0.1, -0.05) is 24.3 Å². The summed E-state index contributed by atoms with van der Waals surface area (Å²) in [5, 5.41) is 0.210. The molecular weight excluding hydrogens is 437 g/mol. The minimum Gasteiger partial charge on any atom is -0.375 e. The Morgan fingerprint density at radius 2 is 1.68 bits per heavy atom. The number of halogens is 3. The minimum atomic E-state index is -6.01. The number of ketones is 2. The normalized spacial score (nSPS) is 14.0. The number of para-hydroxylation sites is 1. The number of rotatable bonds is 2. The number of hydrogen-bond acceptors (Lipinski definition) is 6. The Labute approximate surface area is 171 Å². The molecule has 0 saturated carbocycles. The fraction of sp³-hybridized carbons (Fsp3) is 0.0500. The third-order valence-electron chi connectivity index (χ3n) is 4.97. The molecule has 0 bridgehead atoms. The second kappa shape index (κ2) is 6.14. The summed E-state index contributed by atoms with van der Waals surface area (Å²) in [6.07, 6.45) is 1.14. The highest BCUT2D eigenvalue weighted by atomic mass is 32.2. The second-order valence-corrected chi connectivity index (χ2v) is 8.30. The lowest BCUT2D eigenvalue weighted by molar-refractivity contribution is -0.0499. The monoisotopic (exact) mass is 446 g/mol. The summed E-state index contributed by atoms with van der Waals surface area (Å²) in [4.78, 5) is 33.4. The topological polar surface area (TPSA) is 106 Å². The SMILES string of the molecule is O=C1c2cnc3cccc(OS(=O)(=O)C(F)(F)F)c3c2C(=O)c2[nH]c3ccccc3c21. The van der Waals surface area contributed by atoms with Crippen LogP contribution in [0, 0.1) is 0 Å². The van der Waals surface area contributed by atoms with Crippen molar-refractivity contribution < 1.29 is 35.4 Å². The van der Waals surface area contributed by atoms with Gasteiger partial charge in [0.2, 0.25) is 5.78 Å². The average Bonchev–Trinajstić information content (AvgIpc) is 3.10. The third-order valence-corrected chi connectivity index (χ3v) is 5.94. The molecule has 0 spiro atoms. The van der Waals surface area contributed by atoms with Crippen LogP contribution in [0.25, 0.3) is 21.8 Å². The number of carbonyl (C=O) groups excluding carboxylic acids is 2. The van der Waals surface area contributed by atoms with Crippen LogP contribution in [0.5, 0.6) is 5.75 Å². The molecule has 1 N–H and O–H groups in total. The van der Waals surface area contributed by atoms with Crippen LogP contribution in [0.2, 0.25) is 0 Å².